The van der Waals surface area contributed by atoms with Crippen LogP contribution in [-0.4, -0.2) is 23.9 Å². The molecule has 2 N–H and O–H groups in total. The summed E-state index contributed by atoms with van der Waals surface area (Å²) in [5.74, 6) is 0.583. The van der Waals surface area contributed by atoms with Gasteiger partial charge in [-0.2, -0.15) is 0 Å². The van der Waals surface area contributed by atoms with Gasteiger partial charge in [-0.15, -0.1) is 12.4 Å². The molecule has 4 heteroatoms. The van der Waals surface area contributed by atoms with E-state index in [1.54, 1.807) is 0 Å². The molecule has 1 aliphatic heterocycles. The van der Waals surface area contributed by atoms with Gasteiger partial charge in [-0.1, -0.05) is 24.3 Å². The van der Waals surface area contributed by atoms with Crippen LogP contribution < -0.4 is 5.73 Å². The highest BCUT2D eigenvalue weighted by atomic mass is 35.5. The van der Waals surface area contributed by atoms with Crippen LogP contribution in [0.25, 0.3) is 0 Å². The van der Waals surface area contributed by atoms with Gasteiger partial charge in [0.2, 0.25) is 5.91 Å². The summed E-state index contributed by atoms with van der Waals surface area (Å²) in [5.41, 5.74) is 7.99. The number of hydrogen-bond acceptors (Lipinski definition) is 2. The third kappa shape index (κ3) is 2.52. The third-order valence-electron chi connectivity index (χ3n) is 3.84. The first kappa shape index (κ1) is 13.4. The molecule has 1 saturated carbocycles. The summed E-state index contributed by atoms with van der Waals surface area (Å²) < 4.78 is 0. The second kappa shape index (κ2) is 5.29. The first-order valence-corrected chi connectivity index (χ1v) is 6.37. The van der Waals surface area contributed by atoms with E-state index in [2.05, 4.69) is 11.0 Å². The number of fused-ring (bicyclic) bond motifs is 1. The van der Waals surface area contributed by atoms with Crippen LogP contribution >= 0.6 is 12.4 Å². The molecule has 0 bridgehead atoms. The Labute approximate surface area is 114 Å². The maximum Gasteiger partial charge on any atom is 0.239 e. The van der Waals surface area contributed by atoms with Crippen LogP contribution in [0.3, 0.4) is 0 Å². The van der Waals surface area contributed by atoms with Gasteiger partial charge in [0, 0.05) is 13.1 Å². The monoisotopic (exact) mass is 266 g/mol. The number of carbonyl (C=O) groups is 1. The van der Waals surface area contributed by atoms with E-state index in [4.69, 9.17) is 5.73 Å². The van der Waals surface area contributed by atoms with Gasteiger partial charge in [-0.25, -0.2) is 0 Å². The fourth-order valence-corrected chi connectivity index (χ4v) is 2.78. The van der Waals surface area contributed by atoms with Crippen molar-refractivity contribution in [3.63, 3.8) is 0 Å². The van der Waals surface area contributed by atoms with Crippen molar-refractivity contribution in [3.05, 3.63) is 35.4 Å². The van der Waals surface area contributed by atoms with E-state index < -0.39 is 0 Å². The normalized spacial score (nSPS) is 23.0. The number of halogens is 1. The molecule has 1 amide bonds. The summed E-state index contributed by atoms with van der Waals surface area (Å²) in [4.78, 5) is 14.0. The van der Waals surface area contributed by atoms with E-state index in [0.717, 1.165) is 31.0 Å². The van der Waals surface area contributed by atoms with Crippen LogP contribution in [0.1, 0.15) is 30.0 Å². The molecule has 0 aromatic heterocycles. The van der Waals surface area contributed by atoms with E-state index in [9.17, 15) is 4.79 Å². The van der Waals surface area contributed by atoms with Gasteiger partial charge < -0.3 is 5.73 Å². The molecule has 1 aliphatic carbocycles. The molecule has 1 fully saturated rings. The van der Waals surface area contributed by atoms with Crippen LogP contribution in [-0.2, 0) is 11.2 Å². The molecule has 1 aromatic rings. The largest absolute Gasteiger partial charge is 0.368 e. The summed E-state index contributed by atoms with van der Waals surface area (Å²) in [6.45, 7) is 1.99. The smallest absolute Gasteiger partial charge is 0.239 e. The van der Waals surface area contributed by atoms with Crippen molar-refractivity contribution in [1.82, 2.24) is 4.90 Å². The highest BCUT2D eigenvalue weighted by Crippen LogP contribution is 2.35. The SMILES string of the molecule is Cl.NC(=O)C1c2ccccc2CCN1CC1CC1. The van der Waals surface area contributed by atoms with E-state index in [1.165, 1.54) is 18.4 Å². The lowest BCUT2D eigenvalue weighted by molar-refractivity contribution is -0.123. The van der Waals surface area contributed by atoms with E-state index in [1.807, 2.05) is 18.2 Å². The molecule has 1 heterocycles. The van der Waals surface area contributed by atoms with Crippen LogP contribution in [0.5, 0.6) is 0 Å². The van der Waals surface area contributed by atoms with Crippen molar-refractivity contribution in [1.29, 1.82) is 0 Å². The molecule has 0 radical (unpaired) electrons. The Kier molecular flexibility index (Phi) is 3.93. The van der Waals surface area contributed by atoms with Crippen LogP contribution in [0, 0.1) is 5.92 Å². The van der Waals surface area contributed by atoms with E-state index in [0.29, 0.717) is 0 Å². The molecule has 1 atom stereocenters. The molecular weight excluding hydrogens is 248 g/mol. The summed E-state index contributed by atoms with van der Waals surface area (Å²) in [6, 6.07) is 7.98. The second-order valence-corrected chi connectivity index (χ2v) is 5.19. The highest BCUT2D eigenvalue weighted by Gasteiger charge is 2.34. The zero-order valence-electron chi connectivity index (χ0n) is 10.3. The predicted octanol–water partition coefficient (Wildman–Crippen LogP) is 1.90. The number of nitrogens with two attached hydrogens (primary N) is 1. The molecule has 1 aromatic carbocycles. The van der Waals surface area contributed by atoms with Crippen molar-refractivity contribution in [3.8, 4) is 0 Å². The topological polar surface area (TPSA) is 46.3 Å². The van der Waals surface area contributed by atoms with Crippen molar-refractivity contribution in [2.75, 3.05) is 13.1 Å². The summed E-state index contributed by atoms with van der Waals surface area (Å²) in [6.07, 6.45) is 3.65. The molecule has 0 saturated heterocycles. The molecule has 1 unspecified atom stereocenters. The van der Waals surface area contributed by atoms with Gasteiger partial charge in [-0.3, -0.25) is 9.69 Å². The molecule has 2 aliphatic rings. The average molecular weight is 267 g/mol. The Morgan fingerprint density at radius 1 is 1.33 bits per heavy atom. The molecule has 18 heavy (non-hydrogen) atoms. The van der Waals surface area contributed by atoms with Gasteiger partial charge in [0.15, 0.2) is 0 Å². The Hall–Kier alpha value is -1.06. The van der Waals surface area contributed by atoms with Gasteiger partial charge in [0.05, 0.1) is 0 Å². The van der Waals surface area contributed by atoms with Gasteiger partial charge >= 0.3 is 0 Å². The zero-order valence-corrected chi connectivity index (χ0v) is 11.2. The number of rotatable bonds is 3. The first-order chi connectivity index (χ1) is 8.25. The second-order valence-electron chi connectivity index (χ2n) is 5.19. The van der Waals surface area contributed by atoms with E-state index >= 15 is 0 Å². The Balaban J connectivity index is 0.00000120. The lowest BCUT2D eigenvalue weighted by Crippen LogP contribution is -2.43. The van der Waals surface area contributed by atoms with E-state index in [-0.39, 0.29) is 24.4 Å². The Morgan fingerprint density at radius 2 is 2.06 bits per heavy atom. The zero-order chi connectivity index (χ0) is 11.8. The maximum atomic E-state index is 11.7. The molecule has 0 spiro atoms. The number of nitrogens with zero attached hydrogens (tertiary/aromatic N) is 1. The number of amides is 1. The van der Waals surface area contributed by atoms with Gasteiger partial charge in [-0.05, 0) is 36.3 Å². The predicted molar refractivity (Wildman–Crippen MR) is 73.6 cm³/mol. The maximum absolute atomic E-state index is 11.7. The fourth-order valence-electron chi connectivity index (χ4n) is 2.78. The summed E-state index contributed by atoms with van der Waals surface area (Å²) in [7, 11) is 0. The minimum atomic E-state index is -0.210. The lowest BCUT2D eigenvalue weighted by Gasteiger charge is -2.35. The number of carbonyl (C=O) groups excluding carboxylic acids is 1. The molecule has 98 valence electrons. The third-order valence-corrected chi connectivity index (χ3v) is 3.84. The average Bonchev–Trinajstić information content (AvgIpc) is 3.12. The van der Waals surface area contributed by atoms with Gasteiger partial charge in [0.1, 0.15) is 6.04 Å². The molecule has 3 nitrogen and oxygen atoms in total. The minimum absolute atomic E-state index is 0. The first-order valence-electron chi connectivity index (χ1n) is 6.37. The van der Waals surface area contributed by atoms with Crippen LogP contribution in [0.15, 0.2) is 24.3 Å². The Morgan fingerprint density at radius 3 is 2.72 bits per heavy atom. The van der Waals surface area contributed by atoms with Crippen molar-refractivity contribution >= 4 is 18.3 Å². The van der Waals surface area contributed by atoms with Crippen molar-refractivity contribution in [2.24, 2.45) is 11.7 Å². The highest BCUT2D eigenvalue weighted by molar-refractivity contribution is 5.85. The van der Waals surface area contributed by atoms with Gasteiger partial charge in [0.25, 0.3) is 0 Å². The van der Waals surface area contributed by atoms with Crippen molar-refractivity contribution in [2.45, 2.75) is 25.3 Å². The molecular formula is C14H19ClN2O. The number of hydrogen-bond donors (Lipinski definition) is 1. The summed E-state index contributed by atoms with van der Waals surface area (Å²) >= 11 is 0. The van der Waals surface area contributed by atoms with Crippen molar-refractivity contribution < 1.29 is 4.79 Å². The van der Waals surface area contributed by atoms with Crippen LogP contribution in [0.4, 0.5) is 0 Å². The minimum Gasteiger partial charge on any atom is -0.368 e. The molecule has 3 rings (SSSR count). The standard InChI is InChI=1S/C14H18N2O.ClH/c15-14(17)13-12-4-2-1-3-11(12)7-8-16(13)9-10-5-6-10;/h1-4,10,13H,5-9H2,(H2,15,17);1H. The quantitative estimate of drug-likeness (QED) is 0.908. The summed E-state index contributed by atoms with van der Waals surface area (Å²) in [5, 5.41) is 0. The number of benzene rings is 1. The lowest BCUT2D eigenvalue weighted by atomic mass is 9.92. The number of primary amides is 1. The van der Waals surface area contributed by atoms with Crippen LogP contribution in [0.2, 0.25) is 0 Å². The Bertz CT molecular complexity index is 445. The fraction of sp³-hybridized carbons (Fsp3) is 0.500.